The third kappa shape index (κ3) is 3.52. The second-order valence-corrected chi connectivity index (χ2v) is 3.84. The molecule has 5 heteroatoms. The average Bonchev–Trinajstić information content (AvgIpc) is 2.34. The summed E-state index contributed by atoms with van der Waals surface area (Å²) in [7, 11) is 1.88. The Morgan fingerprint density at radius 2 is 2.31 bits per heavy atom. The first-order valence-electron chi connectivity index (χ1n) is 4.18. The smallest absolute Gasteiger partial charge is 0.158 e. The molecule has 5 nitrogen and oxygen atoms in total. The van der Waals surface area contributed by atoms with Crippen molar-refractivity contribution in [1.82, 2.24) is 14.8 Å². The van der Waals surface area contributed by atoms with Crippen molar-refractivity contribution >= 4 is 0 Å². The van der Waals surface area contributed by atoms with Gasteiger partial charge in [0.05, 0.1) is 6.61 Å². The molecule has 0 saturated heterocycles. The van der Waals surface area contributed by atoms with E-state index in [9.17, 15) is 0 Å². The van der Waals surface area contributed by atoms with Crippen molar-refractivity contribution in [3.8, 4) is 0 Å². The van der Waals surface area contributed by atoms with Crippen LogP contribution in [0.1, 0.15) is 19.7 Å². The third-order valence-electron chi connectivity index (χ3n) is 1.51. The van der Waals surface area contributed by atoms with Gasteiger partial charge in [0, 0.05) is 12.6 Å². The zero-order valence-corrected chi connectivity index (χ0v) is 8.32. The summed E-state index contributed by atoms with van der Waals surface area (Å²) in [6.45, 7) is 4.81. The van der Waals surface area contributed by atoms with Crippen LogP contribution in [-0.2, 0) is 18.4 Å². The van der Waals surface area contributed by atoms with E-state index >= 15 is 0 Å². The molecule has 0 aliphatic carbocycles. The van der Waals surface area contributed by atoms with E-state index in [4.69, 9.17) is 10.5 Å². The molecule has 0 atom stereocenters. The van der Waals surface area contributed by atoms with E-state index in [1.807, 2.05) is 25.5 Å². The summed E-state index contributed by atoms with van der Waals surface area (Å²) in [5.74, 6) is 0.809. The lowest BCUT2D eigenvalue weighted by Crippen LogP contribution is -2.37. The summed E-state index contributed by atoms with van der Waals surface area (Å²) in [5, 5.41) is 7.62. The van der Waals surface area contributed by atoms with Crippen LogP contribution in [0.2, 0.25) is 0 Å². The summed E-state index contributed by atoms with van der Waals surface area (Å²) < 4.78 is 7.20. The van der Waals surface area contributed by atoms with Crippen molar-refractivity contribution in [1.29, 1.82) is 0 Å². The lowest BCUT2D eigenvalue weighted by Gasteiger charge is -2.17. The Hall–Kier alpha value is -0.940. The first-order valence-corrected chi connectivity index (χ1v) is 4.18. The van der Waals surface area contributed by atoms with Crippen molar-refractivity contribution in [3.05, 3.63) is 12.2 Å². The maximum absolute atomic E-state index is 5.75. The number of nitrogens with zero attached hydrogens (tertiary/aromatic N) is 3. The molecule has 13 heavy (non-hydrogen) atoms. The highest BCUT2D eigenvalue weighted by molar-refractivity contribution is 4.81. The zero-order chi connectivity index (χ0) is 9.90. The molecule has 0 spiro atoms. The molecule has 0 saturated carbocycles. The highest BCUT2D eigenvalue weighted by Gasteiger charge is 2.11. The number of rotatable bonds is 4. The van der Waals surface area contributed by atoms with Gasteiger partial charge in [-0.1, -0.05) is 0 Å². The molecule has 1 heterocycles. The fourth-order valence-electron chi connectivity index (χ4n) is 0.843. The van der Waals surface area contributed by atoms with Gasteiger partial charge >= 0.3 is 0 Å². The van der Waals surface area contributed by atoms with Gasteiger partial charge < -0.3 is 15.0 Å². The molecule has 0 radical (unpaired) electrons. The number of hydrogen-bond donors (Lipinski definition) is 1. The van der Waals surface area contributed by atoms with Crippen LogP contribution in [-0.4, -0.2) is 26.9 Å². The standard InChI is InChI=1S/C8H16N4O/c1-8(2,9)5-13-4-7-11-10-6-12(7)3/h6H,4-5,9H2,1-3H3. The molecule has 0 fully saturated rings. The molecule has 1 aromatic rings. The summed E-state index contributed by atoms with van der Waals surface area (Å²) in [4.78, 5) is 0. The van der Waals surface area contributed by atoms with E-state index in [1.54, 1.807) is 6.33 Å². The van der Waals surface area contributed by atoms with Crippen LogP contribution >= 0.6 is 0 Å². The van der Waals surface area contributed by atoms with Gasteiger partial charge in [-0.25, -0.2) is 0 Å². The van der Waals surface area contributed by atoms with E-state index in [-0.39, 0.29) is 5.54 Å². The van der Waals surface area contributed by atoms with E-state index in [2.05, 4.69) is 10.2 Å². The third-order valence-corrected chi connectivity index (χ3v) is 1.51. The van der Waals surface area contributed by atoms with Gasteiger partial charge in [0.1, 0.15) is 12.9 Å². The van der Waals surface area contributed by atoms with Crippen molar-refractivity contribution in [2.75, 3.05) is 6.61 Å². The van der Waals surface area contributed by atoms with Gasteiger partial charge in [-0.3, -0.25) is 0 Å². The zero-order valence-electron chi connectivity index (χ0n) is 8.32. The van der Waals surface area contributed by atoms with Crippen molar-refractivity contribution in [2.45, 2.75) is 26.0 Å². The highest BCUT2D eigenvalue weighted by atomic mass is 16.5. The van der Waals surface area contributed by atoms with Gasteiger partial charge in [-0.15, -0.1) is 10.2 Å². The second kappa shape index (κ2) is 3.85. The monoisotopic (exact) mass is 184 g/mol. The molecule has 74 valence electrons. The SMILES string of the molecule is Cn1cnnc1COCC(C)(C)N. The van der Waals surface area contributed by atoms with Crippen molar-refractivity contribution in [2.24, 2.45) is 12.8 Å². The molecule has 2 N–H and O–H groups in total. The maximum atomic E-state index is 5.75. The molecule has 1 aromatic heterocycles. The average molecular weight is 184 g/mol. The van der Waals surface area contributed by atoms with Gasteiger partial charge in [0.2, 0.25) is 0 Å². The van der Waals surface area contributed by atoms with E-state index < -0.39 is 0 Å². The number of aromatic nitrogens is 3. The molecule has 0 amide bonds. The molecule has 0 aromatic carbocycles. The summed E-state index contributed by atoms with van der Waals surface area (Å²) >= 11 is 0. The minimum Gasteiger partial charge on any atom is -0.372 e. The first kappa shape index (κ1) is 10.1. The number of aryl methyl sites for hydroxylation is 1. The van der Waals surface area contributed by atoms with E-state index in [0.29, 0.717) is 13.2 Å². The summed E-state index contributed by atoms with van der Waals surface area (Å²) in [6, 6.07) is 0. The minimum absolute atomic E-state index is 0.293. The summed E-state index contributed by atoms with van der Waals surface area (Å²) in [5.41, 5.74) is 5.45. The Kier molecular flexibility index (Phi) is 3.00. The molecule has 0 aliphatic rings. The van der Waals surface area contributed by atoms with Gasteiger partial charge in [0.15, 0.2) is 5.82 Å². The largest absolute Gasteiger partial charge is 0.372 e. The maximum Gasteiger partial charge on any atom is 0.158 e. The fraction of sp³-hybridized carbons (Fsp3) is 0.750. The fourth-order valence-corrected chi connectivity index (χ4v) is 0.843. The second-order valence-electron chi connectivity index (χ2n) is 3.84. The van der Waals surface area contributed by atoms with Gasteiger partial charge in [0.25, 0.3) is 0 Å². The van der Waals surface area contributed by atoms with Crippen LogP contribution in [0.25, 0.3) is 0 Å². The lowest BCUT2D eigenvalue weighted by atomic mass is 10.1. The number of nitrogens with two attached hydrogens (primary N) is 1. The topological polar surface area (TPSA) is 66.0 Å². The van der Waals surface area contributed by atoms with Crippen LogP contribution in [0.15, 0.2) is 6.33 Å². The Morgan fingerprint density at radius 1 is 1.62 bits per heavy atom. The minimum atomic E-state index is -0.293. The molecular weight excluding hydrogens is 168 g/mol. The van der Waals surface area contributed by atoms with Gasteiger partial charge in [-0.05, 0) is 13.8 Å². The number of ether oxygens (including phenoxy) is 1. The molecule has 0 aliphatic heterocycles. The van der Waals surface area contributed by atoms with Crippen molar-refractivity contribution < 1.29 is 4.74 Å². The van der Waals surface area contributed by atoms with Crippen molar-refractivity contribution in [3.63, 3.8) is 0 Å². The molecule has 1 rings (SSSR count). The van der Waals surface area contributed by atoms with Crippen LogP contribution in [0.4, 0.5) is 0 Å². The lowest BCUT2D eigenvalue weighted by molar-refractivity contribution is 0.0791. The Morgan fingerprint density at radius 3 is 2.77 bits per heavy atom. The predicted molar refractivity (Wildman–Crippen MR) is 48.9 cm³/mol. The summed E-state index contributed by atoms with van der Waals surface area (Å²) in [6.07, 6.45) is 1.65. The normalized spacial score (nSPS) is 12.0. The predicted octanol–water partition coefficient (Wildman–Crippen LogP) is 0.0690. The molecular formula is C8H16N4O. The van der Waals surface area contributed by atoms with Gasteiger partial charge in [-0.2, -0.15) is 0 Å². The molecule has 0 bridgehead atoms. The Bertz CT molecular complexity index is 263. The highest BCUT2D eigenvalue weighted by Crippen LogP contribution is 2.00. The first-order chi connectivity index (χ1) is 5.99. The Labute approximate surface area is 77.9 Å². The van der Waals surface area contributed by atoms with Crippen LogP contribution in [0.5, 0.6) is 0 Å². The molecule has 0 unspecified atom stereocenters. The van der Waals surface area contributed by atoms with E-state index in [0.717, 1.165) is 5.82 Å². The quantitative estimate of drug-likeness (QED) is 0.719. The van der Waals surface area contributed by atoms with Crippen LogP contribution in [0, 0.1) is 0 Å². The van der Waals surface area contributed by atoms with Crippen LogP contribution < -0.4 is 5.73 Å². The Balaban J connectivity index is 2.32. The van der Waals surface area contributed by atoms with Crippen LogP contribution in [0.3, 0.4) is 0 Å². The van der Waals surface area contributed by atoms with E-state index in [1.165, 1.54) is 0 Å². The number of hydrogen-bond acceptors (Lipinski definition) is 4.